The second kappa shape index (κ2) is 10.7. The summed E-state index contributed by atoms with van der Waals surface area (Å²) in [6.45, 7) is 7.22. The van der Waals surface area contributed by atoms with Crippen LogP contribution in [0.4, 0.5) is 22.9 Å². The first-order chi connectivity index (χ1) is 18.2. The molecule has 0 bridgehead atoms. The molecule has 1 saturated carbocycles. The number of anilines is 4. The molecule has 11 heteroatoms. The Morgan fingerprint density at radius 3 is 2.55 bits per heavy atom. The van der Waals surface area contributed by atoms with Crippen LogP contribution in [0.5, 0.6) is 0 Å². The van der Waals surface area contributed by atoms with Crippen molar-refractivity contribution in [2.45, 2.75) is 45.6 Å². The third-order valence-electron chi connectivity index (χ3n) is 7.76. The molecule has 38 heavy (non-hydrogen) atoms. The number of carbonyl (C=O) groups excluding carboxylic acids is 1. The molecule has 1 spiro atoms. The monoisotopic (exact) mass is 543 g/mol. The molecule has 3 heterocycles. The predicted octanol–water partition coefficient (Wildman–Crippen LogP) is 2.98. The zero-order valence-corrected chi connectivity index (χ0v) is 22.9. The van der Waals surface area contributed by atoms with E-state index in [4.69, 9.17) is 9.84 Å². The van der Waals surface area contributed by atoms with Gasteiger partial charge in [0.1, 0.15) is 5.82 Å². The first-order valence-corrected chi connectivity index (χ1v) is 15.0. The number of amides is 1. The zero-order chi connectivity index (χ0) is 26.9. The number of carbonyl (C=O) groups is 1. The highest BCUT2D eigenvalue weighted by atomic mass is 32.2. The summed E-state index contributed by atoms with van der Waals surface area (Å²) in [5.74, 6) is 0.154. The summed E-state index contributed by atoms with van der Waals surface area (Å²) in [7, 11) is -3.69. The van der Waals surface area contributed by atoms with Crippen molar-refractivity contribution in [3.63, 3.8) is 0 Å². The average molecular weight is 544 g/mol. The molecule has 1 aliphatic carbocycles. The first-order valence-electron chi connectivity index (χ1n) is 13.3. The van der Waals surface area contributed by atoms with Crippen LogP contribution >= 0.6 is 0 Å². The van der Waals surface area contributed by atoms with Gasteiger partial charge in [0.2, 0.25) is 10.0 Å². The van der Waals surface area contributed by atoms with Crippen LogP contribution in [0, 0.1) is 12.3 Å². The Hall–Kier alpha value is -2.89. The number of morpholine rings is 1. The smallest absolute Gasteiger partial charge is 0.257 e. The minimum Gasteiger partial charge on any atom is -0.395 e. The van der Waals surface area contributed by atoms with Gasteiger partial charge in [-0.25, -0.2) is 13.4 Å². The van der Waals surface area contributed by atoms with E-state index >= 15 is 0 Å². The number of aromatic nitrogens is 1. The molecular formula is C27H37N5O5S. The normalized spacial score (nSPS) is 20.9. The van der Waals surface area contributed by atoms with E-state index in [1.807, 2.05) is 26.0 Å². The van der Waals surface area contributed by atoms with Crippen molar-refractivity contribution >= 4 is 38.8 Å². The van der Waals surface area contributed by atoms with Crippen molar-refractivity contribution in [3.05, 3.63) is 41.6 Å². The third-order valence-corrected chi connectivity index (χ3v) is 9.03. The van der Waals surface area contributed by atoms with E-state index in [1.54, 1.807) is 18.2 Å². The molecule has 2 saturated heterocycles. The van der Waals surface area contributed by atoms with Crippen LogP contribution < -0.4 is 19.8 Å². The minimum atomic E-state index is -3.69. The molecule has 206 valence electrons. The van der Waals surface area contributed by atoms with Gasteiger partial charge in [0.25, 0.3) is 5.91 Å². The fourth-order valence-electron chi connectivity index (χ4n) is 5.41. The fourth-order valence-corrected chi connectivity index (χ4v) is 6.24. The van der Waals surface area contributed by atoms with E-state index in [0.717, 1.165) is 50.5 Å². The number of aliphatic hydroxyl groups is 1. The second-order valence-corrected chi connectivity index (χ2v) is 12.6. The van der Waals surface area contributed by atoms with Crippen molar-refractivity contribution in [3.8, 4) is 0 Å². The van der Waals surface area contributed by atoms with Gasteiger partial charge >= 0.3 is 0 Å². The zero-order valence-electron chi connectivity index (χ0n) is 22.1. The summed E-state index contributed by atoms with van der Waals surface area (Å²) in [6.07, 6.45) is 4.78. The summed E-state index contributed by atoms with van der Waals surface area (Å²) in [4.78, 5) is 22.6. The molecule has 1 atom stereocenters. The van der Waals surface area contributed by atoms with Crippen LogP contribution in [0.3, 0.4) is 0 Å². The number of nitrogens with zero attached hydrogens (tertiary/aromatic N) is 3. The lowest BCUT2D eigenvalue weighted by Crippen LogP contribution is -2.41. The number of benzene rings is 1. The Kier molecular flexibility index (Phi) is 7.52. The number of hydrogen-bond donors (Lipinski definition) is 3. The Morgan fingerprint density at radius 1 is 1.11 bits per heavy atom. The van der Waals surface area contributed by atoms with Crippen LogP contribution in [0.15, 0.2) is 30.3 Å². The lowest BCUT2D eigenvalue weighted by molar-refractivity contribution is 0.0529. The number of ether oxygens (including phenoxy) is 1. The molecule has 2 aliphatic heterocycles. The molecule has 3 fully saturated rings. The largest absolute Gasteiger partial charge is 0.395 e. The maximum atomic E-state index is 13.6. The summed E-state index contributed by atoms with van der Waals surface area (Å²) < 4.78 is 32.7. The lowest BCUT2D eigenvalue weighted by atomic mass is 9.93. The van der Waals surface area contributed by atoms with E-state index in [9.17, 15) is 13.2 Å². The van der Waals surface area contributed by atoms with E-state index < -0.39 is 16.6 Å². The summed E-state index contributed by atoms with van der Waals surface area (Å²) in [5, 5.41) is 12.1. The molecule has 1 amide bonds. The van der Waals surface area contributed by atoms with Crippen LogP contribution in [-0.2, 0) is 14.8 Å². The molecule has 1 aromatic carbocycles. The van der Waals surface area contributed by atoms with Gasteiger partial charge in [-0.1, -0.05) is 0 Å². The van der Waals surface area contributed by atoms with Crippen LogP contribution in [0.2, 0.25) is 0 Å². The lowest BCUT2D eigenvalue weighted by Gasteiger charge is -2.35. The van der Waals surface area contributed by atoms with Gasteiger partial charge in [-0.3, -0.25) is 9.52 Å². The molecular weight excluding hydrogens is 506 g/mol. The van der Waals surface area contributed by atoms with Crippen molar-refractivity contribution in [2.75, 3.05) is 65.0 Å². The van der Waals surface area contributed by atoms with Gasteiger partial charge in [0.05, 0.1) is 42.0 Å². The number of aliphatic hydroxyl groups excluding tert-OH is 1. The second-order valence-electron chi connectivity index (χ2n) is 10.8. The summed E-state index contributed by atoms with van der Waals surface area (Å²) >= 11 is 0. The Morgan fingerprint density at radius 2 is 1.87 bits per heavy atom. The first kappa shape index (κ1) is 26.7. The number of piperidine rings is 1. The SMILES string of the molecule is Cc1cc(NC(=O)c2ccc(NS(=O)(=O)CCO)cc2N2CCC3(CC2)CC3)cc(N2CCO[C@H](C)C2)n1. The van der Waals surface area contributed by atoms with Gasteiger partial charge in [-0.05, 0) is 69.2 Å². The molecule has 3 aliphatic rings. The molecule has 1 aromatic heterocycles. The third kappa shape index (κ3) is 6.22. The molecule has 0 unspecified atom stereocenters. The van der Waals surface area contributed by atoms with Gasteiger partial charge < -0.3 is 25.0 Å². The van der Waals surface area contributed by atoms with Gasteiger partial charge in [0.15, 0.2) is 0 Å². The summed E-state index contributed by atoms with van der Waals surface area (Å²) in [6, 6.07) is 8.73. The number of rotatable bonds is 8. The average Bonchev–Trinajstić information content (AvgIpc) is 3.62. The minimum absolute atomic E-state index is 0.110. The molecule has 5 rings (SSSR count). The van der Waals surface area contributed by atoms with E-state index in [1.165, 1.54) is 12.8 Å². The Bertz CT molecular complexity index is 1290. The van der Waals surface area contributed by atoms with Crippen molar-refractivity contribution in [2.24, 2.45) is 5.41 Å². The number of hydrogen-bond acceptors (Lipinski definition) is 8. The van der Waals surface area contributed by atoms with E-state index in [0.29, 0.717) is 34.6 Å². The Labute approximate surface area is 224 Å². The number of sulfonamides is 1. The number of pyridine rings is 1. The maximum Gasteiger partial charge on any atom is 0.257 e. The fraction of sp³-hybridized carbons (Fsp3) is 0.556. The molecule has 3 N–H and O–H groups in total. The van der Waals surface area contributed by atoms with E-state index in [2.05, 4.69) is 24.8 Å². The van der Waals surface area contributed by atoms with Crippen LogP contribution in [-0.4, -0.2) is 75.7 Å². The van der Waals surface area contributed by atoms with Crippen LogP contribution in [0.25, 0.3) is 0 Å². The standard InChI is InChI=1S/C27H37N5O5S/c1-19-15-22(17-25(28-19)32-11-13-37-20(2)18-32)29-26(34)23-4-3-21(30-38(35,36)14-12-33)16-24(23)31-9-7-27(5-6-27)8-10-31/h3-4,15-17,20,30,33H,5-14,18H2,1-2H3,(H,28,29,34)/t20-/m1/s1. The quantitative estimate of drug-likeness (QED) is 0.464. The van der Waals surface area contributed by atoms with Gasteiger partial charge in [-0.15, -0.1) is 0 Å². The van der Waals surface area contributed by atoms with Crippen molar-refractivity contribution in [1.29, 1.82) is 0 Å². The molecule has 0 radical (unpaired) electrons. The number of aryl methyl sites for hydroxylation is 1. The topological polar surface area (TPSA) is 124 Å². The predicted molar refractivity (Wildman–Crippen MR) is 149 cm³/mol. The van der Waals surface area contributed by atoms with Crippen LogP contribution in [0.1, 0.15) is 48.7 Å². The van der Waals surface area contributed by atoms with Crippen molar-refractivity contribution < 1.29 is 23.1 Å². The highest BCUT2D eigenvalue weighted by Gasteiger charge is 2.44. The summed E-state index contributed by atoms with van der Waals surface area (Å²) in [5.41, 5.74) is 3.48. The van der Waals surface area contributed by atoms with Gasteiger partial charge in [0, 0.05) is 43.6 Å². The highest BCUT2D eigenvalue weighted by Crippen LogP contribution is 2.54. The Balaban J connectivity index is 1.40. The van der Waals surface area contributed by atoms with Crippen molar-refractivity contribution in [1.82, 2.24) is 4.98 Å². The van der Waals surface area contributed by atoms with Gasteiger partial charge in [-0.2, -0.15) is 0 Å². The highest BCUT2D eigenvalue weighted by molar-refractivity contribution is 7.92. The number of nitrogens with one attached hydrogen (secondary N) is 2. The van der Waals surface area contributed by atoms with E-state index in [-0.39, 0.29) is 17.8 Å². The molecule has 2 aromatic rings. The molecule has 10 nitrogen and oxygen atoms in total. The maximum absolute atomic E-state index is 13.6.